The molecule has 1 aromatic rings. The monoisotopic (exact) mass is 280 g/mol. The molecular formula is C14H24N4O2. The molecule has 1 aliphatic heterocycles. The van der Waals surface area contributed by atoms with Gasteiger partial charge in [0.2, 0.25) is 0 Å². The van der Waals surface area contributed by atoms with Gasteiger partial charge in [0.05, 0.1) is 25.9 Å². The molecule has 0 aromatic carbocycles. The van der Waals surface area contributed by atoms with Crippen LogP contribution in [0.1, 0.15) is 25.2 Å². The van der Waals surface area contributed by atoms with Crippen molar-refractivity contribution in [2.45, 2.75) is 33.3 Å². The van der Waals surface area contributed by atoms with Crippen LogP contribution in [0.5, 0.6) is 0 Å². The fourth-order valence-corrected chi connectivity index (χ4v) is 2.10. The zero-order valence-corrected chi connectivity index (χ0v) is 12.5. The van der Waals surface area contributed by atoms with Gasteiger partial charge in [-0.15, -0.1) is 0 Å². The van der Waals surface area contributed by atoms with Gasteiger partial charge >= 0.3 is 0 Å². The third-order valence-electron chi connectivity index (χ3n) is 3.23. The van der Waals surface area contributed by atoms with Crippen molar-refractivity contribution >= 4 is 11.6 Å². The third-order valence-corrected chi connectivity index (χ3v) is 3.23. The zero-order valence-electron chi connectivity index (χ0n) is 12.5. The minimum Gasteiger partial charge on any atom is -0.376 e. The first kappa shape index (κ1) is 15.0. The molecule has 2 heterocycles. The molecule has 0 amide bonds. The van der Waals surface area contributed by atoms with E-state index in [1.54, 1.807) is 0 Å². The number of nitrogens with zero attached hydrogens (tertiary/aromatic N) is 2. The number of hydrogen-bond donors (Lipinski definition) is 2. The van der Waals surface area contributed by atoms with E-state index in [1.165, 1.54) is 0 Å². The number of hydrogen-bond acceptors (Lipinski definition) is 6. The molecule has 20 heavy (non-hydrogen) atoms. The molecule has 1 fully saturated rings. The average Bonchev–Trinajstić information content (AvgIpc) is 2.49. The summed E-state index contributed by atoms with van der Waals surface area (Å²) in [6.07, 6.45) is 0.905. The van der Waals surface area contributed by atoms with Gasteiger partial charge in [0, 0.05) is 25.1 Å². The summed E-state index contributed by atoms with van der Waals surface area (Å²) in [7, 11) is 0. The maximum absolute atomic E-state index is 5.63. The molecule has 1 aliphatic rings. The van der Waals surface area contributed by atoms with Crippen LogP contribution >= 0.6 is 0 Å². The molecule has 1 atom stereocenters. The van der Waals surface area contributed by atoms with Gasteiger partial charge < -0.3 is 20.1 Å². The summed E-state index contributed by atoms with van der Waals surface area (Å²) < 4.78 is 11.0. The fourth-order valence-electron chi connectivity index (χ4n) is 2.10. The van der Waals surface area contributed by atoms with E-state index < -0.39 is 0 Å². The van der Waals surface area contributed by atoms with Gasteiger partial charge in [0.25, 0.3) is 0 Å². The predicted octanol–water partition coefficient (Wildman–Crippen LogP) is 1.61. The van der Waals surface area contributed by atoms with Crippen LogP contribution in [0.15, 0.2) is 0 Å². The van der Waals surface area contributed by atoms with Crippen LogP contribution in [0.3, 0.4) is 0 Å². The standard InChI is InChI=1S/C14H24N4O2/c1-4-12-17-13(15-5-2)10(3)14(18-12)16-8-11-9-19-6-7-20-11/h11H,4-9H2,1-3H3,(H2,15,16,17,18). The van der Waals surface area contributed by atoms with E-state index in [9.17, 15) is 0 Å². The summed E-state index contributed by atoms with van der Waals surface area (Å²) in [6, 6.07) is 0. The molecule has 0 aliphatic carbocycles. The lowest BCUT2D eigenvalue weighted by atomic mass is 10.2. The van der Waals surface area contributed by atoms with E-state index in [2.05, 4.69) is 34.4 Å². The second-order valence-corrected chi connectivity index (χ2v) is 4.79. The number of anilines is 2. The topological polar surface area (TPSA) is 68.3 Å². The highest BCUT2D eigenvalue weighted by Crippen LogP contribution is 2.20. The molecule has 0 saturated carbocycles. The Labute approximate surface area is 120 Å². The van der Waals surface area contributed by atoms with Gasteiger partial charge in [-0.2, -0.15) is 0 Å². The largest absolute Gasteiger partial charge is 0.376 e. The van der Waals surface area contributed by atoms with Crippen molar-refractivity contribution in [3.05, 3.63) is 11.4 Å². The van der Waals surface area contributed by atoms with E-state index in [0.29, 0.717) is 26.4 Å². The first-order valence-corrected chi connectivity index (χ1v) is 7.29. The summed E-state index contributed by atoms with van der Waals surface area (Å²) in [5.41, 5.74) is 1.04. The van der Waals surface area contributed by atoms with Crippen molar-refractivity contribution in [1.82, 2.24) is 9.97 Å². The van der Waals surface area contributed by atoms with E-state index in [0.717, 1.165) is 36.0 Å². The molecule has 6 heteroatoms. The van der Waals surface area contributed by atoms with E-state index in [-0.39, 0.29) is 6.10 Å². The SMILES string of the molecule is CCNc1nc(CC)nc(NCC2COCCO2)c1C. The van der Waals surface area contributed by atoms with Gasteiger partial charge in [-0.1, -0.05) is 6.92 Å². The van der Waals surface area contributed by atoms with Gasteiger partial charge in [0.15, 0.2) is 0 Å². The highest BCUT2D eigenvalue weighted by atomic mass is 16.6. The van der Waals surface area contributed by atoms with E-state index in [1.807, 2.05) is 6.92 Å². The Kier molecular flexibility index (Phi) is 5.55. The summed E-state index contributed by atoms with van der Waals surface area (Å²) >= 11 is 0. The Balaban J connectivity index is 2.06. The Morgan fingerprint density at radius 2 is 1.90 bits per heavy atom. The molecule has 6 nitrogen and oxygen atoms in total. The van der Waals surface area contributed by atoms with Crippen molar-refractivity contribution in [3.8, 4) is 0 Å². The Morgan fingerprint density at radius 1 is 1.15 bits per heavy atom. The molecule has 0 spiro atoms. The molecule has 0 radical (unpaired) electrons. The van der Waals surface area contributed by atoms with Crippen LogP contribution in [0.2, 0.25) is 0 Å². The van der Waals surface area contributed by atoms with Crippen LogP contribution in [0.4, 0.5) is 11.6 Å². The lowest BCUT2D eigenvalue weighted by Crippen LogP contribution is -2.34. The average molecular weight is 280 g/mol. The number of nitrogens with one attached hydrogen (secondary N) is 2. The predicted molar refractivity (Wildman–Crippen MR) is 79.4 cm³/mol. The van der Waals surface area contributed by atoms with Crippen molar-refractivity contribution in [3.63, 3.8) is 0 Å². The molecule has 1 unspecified atom stereocenters. The van der Waals surface area contributed by atoms with Gasteiger partial charge in [-0.25, -0.2) is 9.97 Å². The molecule has 2 N–H and O–H groups in total. The van der Waals surface area contributed by atoms with Crippen molar-refractivity contribution in [1.29, 1.82) is 0 Å². The maximum Gasteiger partial charge on any atom is 0.134 e. The van der Waals surface area contributed by atoms with Crippen molar-refractivity contribution in [2.75, 3.05) is 43.5 Å². The molecular weight excluding hydrogens is 256 g/mol. The number of aryl methyl sites for hydroxylation is 1. The lowest BCUT2D eigenvalue weighted by Gasteiger charge is -2.24. The number of rotatable bonds is 6. The van der Waals surface area contributed by atoms with Crippen molar-refractivity contribution < 1.29 is 9.47 Å². The van der Waals surface area contributed by atoms with Crippen LogP contribution in [-0.4, -0.2) is 49.0 Å². The van der Waals surface area contributed by atoms with Crippen LogP contribution < -0.4 is 10.6 Å². The Hall–Kier alpha value is -1.40. The van der Waals surface area contributed by atoms with Crippen molar-refractivity contribution in [2.24, 2.45) is 0 Å². The second kappa shape index (κ2) is 7.40. The van der Waals surface area contributed by atoms with E-state index in [4.69, 9.17) is 9.47 Å². The number of ether oxygens (including phenoxy) is 2. The Bertz CT molecular complexity index is 433. The maximum atomic E-state index is 5.63. The molecule has 0 bridgehead atoms. The molecule has 2 rings (SSSR count). The zero-order chi connectivity index (χ0) is 14.4. The molecule has 1 aromatic heterocycles. The quantitative estimate of drug-likeness (QED) is 0.825. The summed E-state index contributed by atoms with van der Waals surface area (Å²) in [6.45, 7) is 9.68. The van der Waals surface area contributed by atoms with Crippen LogP contribution in [0, 0.1) is 6.92 Å². The van der Waals surface area contributed by atoms with Gasteiger partial charge in [-0.3, -0.25) is 0 Å². The van der Waals surface area contributed by atoms with E-state index >= 15 is 0 Å². The second-order valence-electron chi connectivity index (χ2n) is 4.79. The third kappa shape index (κ3) is 3.80. The smallest absolute Gasteiger partial charge is 0.134 e. The minimum absolute atomic E-state index is 0.0887. The summed E-state index contributed by atoms with van der Waals surface area (Å²) in [5, 5.41) is 6.64. The molecule has 112 valence electrons. The van der Waals surface area contributed by atoms with Gasteiger partial charge in [0.1, 0.15) is 17.5 Å². The highest BCUT2D eigenvalue weighted by molar-refractivity contribution is 5.57. The summed E-state index contributed by atoms with van der Waals surface area (Å²) in [4.78, 5) is 9.08. The first-order chi connectivity index (χ1) is 9.74. The summed E-state index contributed by atoms with van der Waals surface area (Å²) in [5.74, 6) is 2.62. The molecule has 1 saturated heterocycles. The fraction of sp³-hybridized carbons (Fsp3) is 0.714. The Morgan fingerprint density at radius 3 is 2.50 bits per heavy atom. The van der Waals surface area contributed by atoms with Crippen LogP contribution in [0.25, 0.3) is 0 Å². The van der Waals surface area contributed by atoms with Gasteiger partial charge in [-0.05, 0) is 13.8 Å². The normalized spacial score (nSPS) is 18.9. The first-order valence-electron chi connectivity index (χ1n) is 7.29. The lowest BCUT2D eigenvalue weighted by molar-refractivity contribution is -0.0819. The number of aromatic nitrogens is 2. The minimum atomic E-state index is 0.0887. The van der Waals surface area contributed by atoms with Crippen LogP contribution in [-0.2, 0) is 15.9 Å². The highest BCUT2D eigenvalue weighted by Gasteiger charge is 2.16.